The molecule has 1 aliphatic heterocycles. The molecule has 1 aromatic rings. The van der Waals surface area contributed by atoms with Crippen LogP contribution in [0.1, 0.15) is 25.3 Å². The molecule has 26 heavy (non-hydrogen) atoms. The molecule has 0 aliphatic carbocycles. The Kier molecular flexibility index (Phi) is 7.20. The minimum Gasteiger partial charge on any atom is -0.493 e. The molecule has 0 saturated carbocycles. The fourth-order valence-electron chi connectivity index (χ4n) is 2.82. The van der Waals surface area contributed by atoms with Gasteiger partial charge in [-0.2, -0.15) is 0 Å². The molecular formula is C18H23NO6S. The molecule has 0 aromatic heterocycles. The SMILES string of the molecule is CCOC(=O)C1CCN(C(=S)c2ccc(OCC(=O)O)c(OC)c2)CC1. The number of thiocarbonyl (C=S) groups is 1. The Labute approximate surface area is 157 Å². The summed E-state index contributed by atoms with van der Waals surface area (Å²) in [6.07, 6.45) is 1.41. The van der Waals surface area contributed by atoms with Crippen LogP contribution in [0.25, 0.3) is 0 Å². The molecule has 2 rings (SSSR count). The quantitative estimate of drug-likeness (QED) is 0.568. The van der Waals surface area contributed by atoms with Gasteiger partial charge in [-0.05, 0) is 38.0 Å². The molecule has 1 heterocycles. The van der Waals surface area contributed by atoms with Gasteiger partial charge < -0.3 is 24.2 Å². The number of hydrogen-bond donors (Lipinski definition) is 1. The summed E-state index contributed by atoms with van der Waals surface area (Å²) in [4.78, 5) is 25.2. The summed E-state index contributed by atoms with van der Waals surface area (Å²) in [6, 6.07) is 5.16. The van der Waals surface area contributed by atoms with Gasteiger partial charge in [0.2, 0.25) is 0 Å². The van der Waals surface area contributed by atoms with Crippen molar-refractivity contribution in [3.05, 3.63) is 23.8 Å². The predicted octanol–water partition coefficient (Wildman–Crippen LogP) is 2.11. The van der Waals surface area contributed by atoms with Gasteiger partial charge in [-0.3, -0.25) is 4.79 Å². The van der Waals surface area contributed by atoms with E-state index in [1.165, 1.54) is 7.11 Å². The van der Waals surface area contributed by atoms with E-state index in [0.29, 0.717) is 49.0 Å². The highest BCUT2D eigenvalue weighted by molar-refractivity contribution is 7.80. The molecule has 142 valence electrons. The lowest BCUT2D eigenvalue weighted by Gasteiger charge is -2.33. The second-order valence-corrected chi connectivity index (χ2v) is 6.25. The third-order valence-corrected chi connectivity index (χ3v) is 4.66. The molecule has 0 unspecified atom stereocenters. The van der Waals surface area contributed by atoms with E-state index in [0.717, 1.165) is 5.56 Å². The third-order valence-electron chi connectivity index (χ3n) is 4.16. The first kappa shape index (κ1) is 20.0. The van der Waals surface area contributed by atoms with E-state index in [9.17, 15) is 9.59 Å². The number of nitrogens with zero attached hydrogens (tertiary/aromatic N) is 1. The van der Waals surface area contributed by atoms with Crippen molar-refractivity contribution in [1.29, 1.82) is 0 Å². The molecule has 8 heteroatoms. The van der Waals surface area contributed by atoms with Crippen molar-refractivity contribution in [2.24, 2.45) is 5.92 Å². The van der Waals surface area contributed by atoms with E-state index in [2.05, 4.69) is 4.90 Å². The first-order valence-corrected chi connectivity index (χ1v) is 8.85. The summed E-state index contributed by atoms with van der Waals surface area (Å²) >= 11 is 5.57. The molecule has 1 fully saturated rings. The highest BCUT2D eigenvalue weighted by atomic mass is 32.1. The van der Waals surface area contributed by atoms with Gasteiger partial charge in [0.15, 0.2) is 18.1 Å². The standard InChI is InChI=1S/C18H23NO6S/c1-3-24-18(22)12-6-8-19(9-7-12)17(26)13-4-5-14(15(10-13)23-2)25-11-16(20)21/h4-5,10,12H,3,6-9,11H2,1-2H3,(H,20,21). The lowest BCUT2D eigenvalue weighted by molar-refractivity contribution is -0.149. The Balaban J connectivity index is 2.01. The molecule has 0 bridgehead atoms. The molecular weight excluding hydrogens is 358 g/mol. The maximum absolute atomic E-state index is 11.8. The van der Waals surface area contributed by atoms with Crippen molar-refractivity contribution in [3.63, 3.8) is 0 Å². The number of methoxy groups -OCH3 is 1. The van der Waals surface area contributed by atoms with Gasteiger partial charge in [0.05, 0.1) is 19.6 Å². The topological polar surface area (TPSA) is 85.3 Å². The Morgan fingerprint density at radius 3 is 2.54 bits per heavy atom. The number of rotatable bonds is 7. The van der Waals surface area contributed by atoms with E-state index >= 15 is 0 Å². The third kappa shape index (κ3) is 5.08. The average molecular weight is 381 g/mol. The minimum absolute atomic E-state index is 0.0738. The smallest absolute Gasteiger partial charge is 0.341 e. The van der Waals surface area contributed by atoms with Crippen LogP contribution in [0, 0.1) is 5.92 Å². The first-order chi connectivity index (χ1) is 12.5. The van der Waals surface area contributed by atoms with Crippen LogP contribution in [0.2, 0.25) is 0 Å². The van der Waals surface area contributed by atoms with Gasteiger partial charge in [0.25, 0.3) is 0 Å². The van der Waals surface area contributed by atoms with E-state index in [4.69, 9.17) is 31.5 Å². The second-order valence-electron chi connectivity index (χ2n) is 5.87. The maximum atomic E-state index is 11.8. The van der Waals surface area contributed by atoms with Crippen LogP contribution in [0.4, 0.5) is 0 Å². The summed E-state index contributed by atoms with van der Waals surface area (Å²) in [5.74, 6) is -0.499. The summed E-state index contributed by atoms with van der Waals surface area (Å²) in [5.41, 5.74) is 0.786. The van der Waals surface area contributed by atoms with Crippen molar-refractivity contribution in [1.82, 2.24) is 4.90 Å². The average Bonchev–Trinajstić information content (AvgIpc) is 2.65. The lowest BCUT2D eigenvalue weighted by atomic mass is 9.96. The molecule has 7 nitrogen and oxygen atoms in total. The molecule has 0 spiro atoms. The summed E-state index contributed by atoms with van der Waals surface area (Å²) in [7, 11) is 1.49. The highest BCUT2D eigenvalue weighted by Gasteiger charge is 2.27. The van der Waals surface area contributed by atoms with Gasteiger partial charge in [0.1, 0.15) is 4.99 Å². The van der Waals surface area contributed by atoms with Crippen molar-refractivity contribution < 1.29 is 28.9 Å². The van der Waals surface area contributed by atoms with Gasteiger partial charge in [-0.15, -0.1) is 0 Å². The van der Waals surface area contributed by atoms with Crippen LogP contribution < -0.4 is 9.47 Å². The molecule has 0 radical (unpaired) electrons. The van der Waals surface area contributed by atoms with Crippen LogP contribution >= 0.6 is 12.2 Å². The van der Waals surface area contributed by atoms with E-state index in [1.54, 1.807) is 25.1 Å². The lowest BCUT2D eigenvalue weighted by Crippen LogP contribution is -2.40. The van der Waals surface area contributed by atoms with Gasteiger partial charge in [0, 0.05) is 18.7 Å². The molecule has 0 atom stereocenters. The Hall–Kier alpha value is -2.35. The second kappa shape index (κ2) is 9.38. The van der Waals surface area contributed by atoms with Gasteiger partial charge in [-0.1, -0.05) is 12.2 Å². The van der Waals surface area contributed by atoms with E-state index in [1.807, 2.05) is 0 Å². The zero-order valence-electron chi connectivity index (χ0n) is 14.9. The Morgan fingerprint density at radius 2 is 1.96 bits per heavy atom. The van der Waals surface area contributed by atoms with Crippen molar-refractivity contribution in [2.45, 2.75) is 19.8 Å². The monoisotopic (exact) mass is 381 g/mol. The van der Waals surface area contributed by atoms with Gasteiger partial charge >= 0.3 is 11.9 Å². The molecule has 1 aromatic carbocycles. The Bertz CT molecular complexity index is 670. The highest BCUT2D eigenvalue weighted by Crippen LogP contribution is 2.29. The molecule has 0 amide bonds. The number of aliphatic carboxylic acids is 1. The number of hydrogen-bond acceptors (Lipinski definition) is 6. The van der Waals surface area contributed by atoms with Crippen LogP contribution in [-0.4, -0.2) is 60.3 Å². The number of carbonyl (C=O) groups is 2. The van der Waals surface area contributed by atoms with Crippen LogP contribution in [-0.2, 0) is 14.3 Å². The normalized spacial score (nSPS) is 14.6. The maximum Gasteiger partial charge on any atom is 0.341 e. The number of carboxylic acid groups (broad SMARTS) is 1. The number of likely N-dealkylation sites (tertiary alicyclic amines) is 1. The van der Waals surface area contributed by atoms with E-state index in [-0.39, 0.29) is 11.9 Å². The fourth-order valence-corrected chi connectivity index (χ4v) is 3.13. The Morgan fingerprint density at radius 1 is 1.27 bits per heavy atom. The van der Waals surface area contributed by atoms with Crippen molar-refractivity contribution >= 4 is 29.1 Å². The number of carboxylic acids is 1. The van der Waals surface area contributed by atoms with E-state index < -0.39 is 12.6 Å². The van der Waals surface area contributed by atoms with Crippen LogP contribution in [0.15, 0.2) is 18.2 Å². The molecule has 1 saturated heterocycles. The zero-order chi connectivity index (χ0) is 19.1. The largest absolute Gasteiger partial charge is 0.493 e. The van der Waals surface area contributed by atoms with Crippen molar-refractivity contribution in [3.8, 4) is 11.5 Å². The summed E-state index contributed by atoms with van der Waals surface area (Å²) in [5, 5.41) is 8.72. The number of benzene rings is 1. The van der Waals surface area contributed by atoms with Crippen molar-refractivity contribution in [2.75, 3.05) is 33.4 Å². The predicted molar refractivity (Wildman–Crippen MR) is 98.8 cm³/mol. The fraction of sp³-hybridized carbons (Fsp3) is 0.500. The molecule has 1 aliphatic rings. The number of esters is 1. The number of ether oxygens (including phenoxy) is 3. The minimum atomic E-state index is -1.06. The van der Waals surface area contributed by atoms with Crippen LogP contribution in [0.5, 0.6) is 11.5 Å². The summed E-state index contributed by atoms with van der Waals surface area (Å²) in [6.45, 7) is 3.12. The van der Waals surface area contributed by atoms with Crippen LogP contribution in [0.3, 0.4) is 0 Å². The summed E-state index contributed by atoms with van der Waals surface area (Å²) < 4.78 is 15.6. The first-order valence-electron chi connectivity index (χ1n) is 8.44. The zero-order valence-corrected chi connectivity index (χ0v) is 15.7. The number of piperidine rings is 1. The number of carbonyl (C=O) groups excluding carboxylic acids is 1. The molecule has 1 N–H and O–H groups in total. The van der Waals surface area contributed by atoms with Gasteiger partial charge in [-0.25, -0.2) is 4.79 Å².